The van der Waals surface area contributed by atoms with Crippen LogP contribution in [0.4, 0.5) is 11.6 Å². The Morgan fingerprint density at radius 3 is 2.65 bits per heavy atom. The van der Waals surface area contributed by atoms with Gasteiger partial charge < -0.3 is 15.1 Å². The molecule has 2 aromatic rings. The highest BCUT2D eigenvalue weighted by molar-refractivity contribution is 5.90. The lowest BCUT2D eigenvalue weighted by molar-refractivity contribution is 0.0815. The van der Waals surface area contributed by atoms with Gasteiger partial charge in [0.05, 0.1) is 11.9 Å². The van der Waals surface area contributed by atoms with Crippen LogP contribution >= 0.6 is 0 Å². The van der Waals surface area contributed by atoms with Crippen molar-refractivity contribution < 1.29 is 4.79 Å². The third-order valence-corrected chi connectivity index (χ3v) is 4.56. The van der Waals surface area contributed by atoms with E-state index in [0.29, 0.717) is 0 Å². The lowest BCUT2D eigenvalue weighted by Crippen LogP contribution is -2.30. The van der Waals surface area contributed by atoms with Crippen LogP contribution in [0.2, 0.25) is 0 Å². The molecule has 0 saturated carbocycles. The molecule has 26 heavy (non-hydrogen) atoms. The van der Waals surface area contributed by atoms with E-state index in [2.05, 4.69) is 30.2 Å². The predicted molar refractivity (Wildman–Crippen MR) is 101 cm³/mol. The van der Waals surface area contributed by atoms with Crippen molar-refractivity contribution in [3.63, 3.8) is 0 Å². The largest absolute Gasteiger partial charge is 0.364 e. The molecule has 1 atom stereocenters. The zero-order valence-electron chi connectivity index (χ0n) is 15.9. The molecule has 3 rings (SSSR count). The number of amides is 1. The first-order valence-electron chi connectivity index (χ1n) is 8.72. The van der Waals surface area contributed by atoms with Crippen LogP contribution < -0.4 is 10.2 Å². The number of carbonyl (C=O) groups is 1. The van der Waals surface area contributed by atoms with Crippen molar-refractivity contribution in [1.82, 2.24) is 24.8 Å². The summed E-state index contributed by atoms with van der Waals surface area (Å²) in [5.41, 5.74) is 2.73. The average Bonchev–Trinajstić information content (AvgIpc) is 3.04. The number of hydrogen-bond acceptors (Lipinski definition) is 7. The molecule has 1 amide bonds. The number of rotatable bonds is 4. The molecule has 2 aromatic heterocycles. The van der Waals surface area contributed by atoms with Crippen LogP contribution in [0.5, 0.6) is 0 Å². The van der Waals surface area contributed by atoms with Crippen LogP contribution in [-0.2, 0) is 0 Å². The summed E-state index contributed by atoms with van der Waals surface area (Å²) in [6.07, 6.45) is 4.45. The molecule has 0 aliphatic carbocycles. The van der Waals surface area contributed by atoms with Gasteiger partial charge in [-0.3, -0.25) is 9.78 Å². The van der Waals surface area contributed by atoms with Crippen LogP contribution in [0.15, 0.2) is 12.4 Å². The van der Waals surface area contributed by atoms with Crippen molar-refractivity contribution >= 4 is 17.5 Å². The Morgan fingerprint density at radius 2 is 1.96 bits per heavy atom. The number of hydrogen-bond donors (Lipinski definition) is 1. The summed E-state index contributed by atoms with van der Waals surface area (Å²) in [6.45, 7) is 7.50. The highest BCUT2D eigenvalue weighted by Gasteiger charge is 2.27. The van der Waals surface area contributed by atoms with Crippen LogP contribution in [0.1, 0.15) is 34.0 Å². The summed E-state index contributed by atoms with van der Waals surface area (Å²) in [4.78, 5) is 33.5. The smallest absolute Gasteiger partial charge is 0.291 e. The normalized spacial score (nSPS) is 16.7. The minimum absolute atomic E-state index is 0.182. The van der Waals surface area contributed by atoms with Gasteiger partial charge in [-0.2, -0.15) is 0 Å². The first-order chi connectivity index (χ1) is 12.3. The topological polar surface area (TPSA) is 87.1 Å². The van der Waals surface area contributed by atoms with Crippen LogP contribution in [0, 0.1) is 20.8 Å². The second-order valence-electron chi connectivity index (χ2n) is 6.90. The fourth-order valence-electron chi connectivity index (χ4n) is 3.03. The maximum Gasteiger partial charge on any atom is 0.291 e. The number of nitrogens with zero attached hydrogens (tertiary/aromatic N) is 6. The van der Waals surface area contributed by atoms with Gasteiger partial charge in [0.15, 0.2) is 0 Å². The highest BCUT2D eigenvalue weighted by atomic mass is 16.2. The van der Waals surface area contributed by atoms with E-state index in [9.17, 15) is 4.79 Å². The van der Waals surface area contributed by atoms with E-state index in [1.165, 1.54) is 4.90 Å². The van der Waals surface area contributed by atoms with Gasteiger partial charge in [-0.05, 0) is 27.2 Å². The fourth-order valence-corrected chi connectivity index (χ4v) is 3.03. The Morgan fingerprint density at radius 1 is 1.19 bits per heavy atom. The third-order valence-electron chi connectivity index (χ3n) is 4.56. The molecule has 1 N–H and O–H groups in total. The van der Waals surface area contributed by atoms with E-state index in [-0.39, 0.29) is 17.8 Å². The SMILES string of the molecule is Cc1cncc(N[C@@H]2CCN(c3nc(C(=O)N(C)C)nc(C)c3C)C2)n1. The number of carbonyl (C=O) groups excluding carboxylic acids is 1. The molecular formula is C18H25N7O. The molecule has 1 aliphatic rings. The van der Waals surface area contributed by atoms with Gasteiger partial charge >= 0.3 is 0 Å². The van der Waals surface area contributed by atoms with E-state index >= 15 is 0 Å². The van der Waals surface area contributed by atoms with Crippen molar-refractivity contribution in [2.24, 2.45) is 0 Å². The minimum Gasteiger partial charge on any atom is -0.364 e. The monoisotopic (exact) mass is 355 g/mol. The lowest BCUT2D eigenvalue weighted by atomic mass is 10.2. The Kier molecular flexibility index (Phi) is 5.01. The zero-order valence-corrected chi connectivity index (χ0v) is 15.9. The maximum absolute atomic E-state index is 12.3. The number of aryl methyl sites for hydroxylation is 2. The molecule has 8 nitrogen and oxygen atoms in total. The summed E-state index contributed by atoms with van der Waals surface area (Å²) in [5.74, 6) is 1.69. The van der Waals surface area contributed by atoms with Gasteiger partial charge in [0.1, 0.15) is 11.6 Å². The van der Waals surface area contributed by atoms with Crippen molar-refractivity contribution in [2.45, 2.75) is 33.2 Å². The van der Waals surface area contributed by atoms with E-state index in [1.54, 1.807) is 26.5 Å². The number of anilines is 2. The zero-order chi connectivity index (χ0) is 18.8. The van der Waals surface area contributed by atoms with E-state index in [4.69, 9.17) is 0 Å². The van der Waals surface area contributed by atoms with Crippen molar-refractivity contribution in [1.29, 1.82) is 0 Å². The molecule has 0 bridgehead atoms. The Hall–Kier alpha value is -2.77. The predicted octanol–water partition coefficient (Wildman–Crippen LogP) is 1.58. The van der Waals surface area contributed by atoms with Gasteiger partial charge in [-0.25, -0.2) is 15.0 Å². The van der Waals surface area contributed by atoms with Crippen LogP contribution in [0.3, 0.4) is 0 Å². The third kappa shape index (κ3) is 3.74. The minimum atomic E-state index is -0.182. The first kappa shape index (κ1) is 18.0. The molecule has 3 heterocycles. The second-order valence-corrected chi connectivity index (χ2v) is 6.90. The standard InChI is InChI=1S/C18H25N7O/c1-11-8-19-9-15(20-11)22-14-6-7-25(10-14)17-12(2)13(3)21-16(23-17)18(26)24(4)5/h8-9,14H,6-7,10H2,1-5H3,(H,20,22)/t14-/m1/s1. The molecule has 138 valence electrons. The van der Waals surface area contributed by atoms with E-state index < -0.39 is 0 Å². The first-order valence-corrected chi connectivity index (χ1v) is 8.72. The van der Waals surface area contributed by atoms with E-state index in [0.717, 1.165) is 48.1 Å². The fraction of sp³-hybridized carbons (Fsp3) is 0.500. The van der Waals surface area contributed by atoms with Crippen molar-refractivity contribution in [3.05, 3.63) is 35.2 Å². The summed E-state index contributed by atoms with van der Waals surface area (Å²) in [6, 6.07) is 0.258. The molecular weight excluding hydrogens is 330 g/mol. The lowest BCUT2D eigenvalue weighted by Gasteiger charge is -2.22. The van der Waals surface area contributed by atoms with Gasteiger partial charge in [0.25, 0.3) is 5.91 Å². The molecule has 1 saturated heterocycles. The molecule has 1 fully saturated rings. The summed E-state index contributed by atoms with van der Waals surface area (Å²) in [5, 5.41) is 3.44. The molecule has 1 aliphatic heterocycles. The second kappa shape index (κ2) is 7.23. The molecule has 0 radical (unpaired) electrons. The van der Waals surface area contributed by atoms with Crippen LogP contribution in [0.25, 0.3) is 0 Å². The Labute approximate surface area is 153 Å². The molecule has 0 unspecified atom stereocenters. The molecule has 0 aromatic carbocycles. The quantitative estimate of drug-likeness (QED) is 0.891. The summed E-state index contributed by atoms with van der Waals surface area (Å²) >= 11 is 0. The number of nitrogens with one attached hydrogen (secondary N) is 1. The molecule has 0 spiro atoms. The van der Waals surface area contributed by atoms with Gasteiger partial charge in [0.2, 0.25) is 5.82 Å². The number of aromatic nitrogens is 4. The molecule has 8 heteroatoms. The maximum atomic E-state index is 12.3. The van der Waals surface area contributed by atoms with Gasteiger partial charge in [-0.1, -0.05) is 0 Å². The summed E-state index contributed by atoms with van der Waals surface area (Å²) in [7, 11) is 3.42. The van der Waals surface area contributed by atoms with E-state index in [1.807, 2.05) is 20.8 Å². The Balaban J connectivity index is 1.78. The highest BCUT2D eigenvalue weighted by Crippen LogP contribution is 2.25. The van der Waals surface area contributed by atoms with Crippen molar-refractivity contribution in [2.75, 3.05) is 37.4 Å². The van der Waals surface area contributed by atoms with Crippen LogP contribution in [-0.4, -0.2) is 64.0 Å². The van der Waals surface area contributed by atoms with Gasteiger partial charge in [-0.15, -0.1) is 0 Å². The van der Waals surface area contributed by atoms with Crippen molar-refractivity contribution in [3.8, 4) is 0 Å². The summed E-state index contributed by atoms with van der Waals surface area (Å²) < 4.78 is 0. The van der Waals surface area contributed by atoms with Gasteiger partial charge in [0, 0.05) is 50.7 Å². The average molecular weight is 355 g/mol. The Bertz CT molecular complexity index is 821.